The fourth-order valence-corrected chi connectivity index (χ4v) is 1.95. The van der Waals surface area contributed by atoms with E-state index in [2.05, 4.69) is 6.07 Å². The third-order valence-corrected chi connectivity index (χ3v) is 2.79. The summed E-state index contributed by atoms with van der Waals surface area (Å²) in [6.45, 7) is 0. The zero-order valence-corrected chi connectivity index (χ0v) is 7.99. The molecule has 0 heterocycles. The molecule has 3 nitrogen and oxygen atoms in total. The molecule has 0 bridgehead atoms. The Bertz CT molecular complexity index is 374. The second-order valence-corrected chi connectivity index (χ2v) is 3.76. The van der Waals surface area contributed by atoms with Gasteiger partial charge in [0, 0.05) is 0 Å². The van der Waals surface area contributed by atoms with E-state index in [9.17, 15) is 4.79 Å². The molecule has 4 N–H and O–H groups in total. The average Bonchev–Trinajstić information content (AvgIpc) is 2.62. The molecule has 0 saturated heterocycles. The molecule has 1 atom stereocenters. The molecule has 0 aliphatic heterocycles. The van der Waals surface area contributed by atoms with Gasteiger partial charge in [0.05, 0.1) is 0 Å². The van der Waals surface area contributed by atoms with Crippen molar-refractivity contribution in [2.75, 3.05) is 0 Å². The Balaban J connectivity index is 2.33. The number of fused-ring (bicyclic) bond motifs is 1. The lowest BCUT2D eigenvalue weighted by Crippen LogP contribution is -2.28. The fourth-order valence-electron chi connectivity index (χ4n) is 1.95. The van der Waals surface area contributed by atoms with E-state index in [1.807, 2.05) is 12.1 Å². The quantitative estimate of drug-likeness (QED) is 0.719. The van der Waals surface area contributed by atoms with E-state index in [4.69, 9.17) is 11.5 Å². The molecule has 2 rings (SSSR count). The minimum absolute atomic E-state index is 0.469. The fraction of sp³-hybridized carbons (Fsp3) is 0.364. The topological polar surface area (TPSA) is 69.1 Å². The lowest BCUT2D eigenvalue weighted by Gasteiger charge is -2.09. The number of rotatable bonds is 2. The van der Waals surface area contributed by atoms with Gasteiger partial charge in [-0.25, -0.2) is 0 Å². The number of hydrogen-bond donors (Lipinski definition) is 2. The number of primary amides is 1. The maximum Gasteiger partial charge on any atom is 0.238 e. The maximum atomic E-state index is 10.9. The van der Waals surface area contributed by atoms with Crippen LogP contribution in [0.3, 0.4) is 0 Å². The minimum Gasteiger partial charge on any atom is -0.368 e. The minimum atomic E-state index is -0.666. The molecule has 1 aliphatic rings. The van der Waals surface area contributed by atoms with Crippen molar-refractivity contribution in [3.63, 3.8) is 0 Å². The van der Waals surface area contributed by atoms with Crippen LogP contribution in [-0.4, -0.2) is 5.91 Å². The zero-order valence-electron chi connectivity index (χ0n) is 7.99. The summed E-state index contributed by atoms with van der Waals surface area (Å²) >= 11 is 0. The Morgan fingerprint density at radius 1 is 1.29 bits per heavy atom. The molecular weight excluding hydrogens is 176 g/mol. The summed E-state index contributed by atoms with van der Waals surface area (Å²) in [5.41, 5.74) is 14.3. The monoisotopic (exact) mass is 190 g/mol. The second-order valence-electron chi connectivity index (χ2n) is 3.76. The molecule has 0 aromatic heterocycles. The van der Waals surface area contributed by atoms with Gasteiger partial charge in [0.25, 0.3) is 0 Å². The molecule has 0 saturated carbocycles. The van der Waals surface area contributed by atoms with Crippen molar-refractivity contribution in [3.8, 4) is 0 Å². The molecule has 0 spiro atoms. The first kappa shape index (κ1) is 9.21. The predicted octanol–water partition coefficient (Wildman–Crippen LogP) is 0.660. The summed E-state index contributed by atoms with van der Waals surface area (Å²) in [5, 5.41) is 0. The van der Waals surface area contributed by atoms with Crippen molar-refractivity contribution < 1.29 is 4.79 Å². The van der Waals surface area contributed by atoms with Crippen molar-refractivity contribution in [3.05, 3.63) is 34.9 Å². The molecule has 14 heavy (non-hydrogen) atoms. The number of carbonyl (C=O) groups is 1. The molecule has 1 amide bonds. The SMILES string of the molecule is NC(=O)C(N)c1ccc2c(c1)CCC2. The Morgan fingerprint density at radius 3 is 2.71 bits per heavy atom. The summed E-state index contributed by atoms with van der Waals surface area (Å²) in [6.07, 6.45) is 3.43. The van der Waals surface area contributed by atoms with Gasteiger partial charge >= 0.3 is 0 Å². The highest BCUT2D eigenvalue weighted by Gasteiger charge is 2.16. The van der Waals surface area contributed by atoms with E-state index in [0.29, 0.717) is 0 Å². The molecule has 0 fully saturated rings. The lowest BCUT2D eigenvalue weighted by molar-refractivity contribution is -0.119. The van der Waals surface area contributed by atoms with Crippen LogP contribution < -0.4 is 11.5 Å². The Hall–Kier alpha value is -1.35. The third kappa shape index (κ3) is 1.51. The average molecular weight is 190 g/mol. The molecule has 0 radical (unpaired) electrons. The molecule has 3 heteroatoms. The van der Waals surface area contributed by atoms with Crippen molar-refractivity contribution >= 4 is 5.91 Å². The van der Waals surface area contributed by atoms with Crippen molar-refractivity contribution in [2.45, 2.75) is 25.3 Å². The second kappa shape index (κ2) is 3.42. The van der Waals surface area contributed by atoms with Gasteiger partial charge in [-0.2, -0.15) is 0 Å². The highest BCUT2D eigenvalue weighted by Crippen LogP contribution is 2.24. The van der Waals surface area contributed by atoms with E-state index in [1.165, 1.54) is 17.5 Å². The number of benzene rings is 1. The van der Waals surface area contributed by atoms with E-state index in [1.54, 1.807) is 0 Å². The van der Waals surface area contributed by atoms with Crippen LogP contribution in [0, 0.1) is 0 Å². The first-order valence-electron chi connectivity index (χ1n) is 4.85. The number of amides is 1. The first-order chi connectivity index (χ1) is 6.68. The van der Waals surface area contributed by atoms with Crippen LogP contribution in [0.25, 0.3) is 0 Å². The van der Waals surface area contributed by atoms with Crippen LogP contribution in [-0.2, 0) is 17.6 Å². The zero-order chi connectivity index (χ0) is 10.1. The van der Waals surface area contributed by atoms with Gasteiger partial charge in [-0.15, -0.1) is 0 Å². The van der Waals surface area contributed by atoms with Gasteiger partial charge in [-0.1, -0.05) is 18.2 Å². The van der Waals surface area contributed by atoms with Crippen molar-refractivity contribution in [1.29, 1.82) is 0 Å². The van der Waals surface area contributed by atoms with Crippen LogP contribution in [0.15, 0.2) is 18.2 Å². The smallest absolute Gasteiger partial charge is 0.238 e. The molecule has 1 aromatic carbocycles. The van der Waals surface area contributed by atoms with Crippen LogP contribution in [0.1, 0.15) is 29.2 Å². The Kier molecular flexibility index (Phi) is 2.25. The summed E-state index contributed by atoms with van der Waals surface area (Å²) < 4.78 is 0. The van der Waals surface area contributed by atoms with Crippen LogP contribution in [0.4, 0.5) is 0 Å². The van der Waals surface area contributed by atoms with Crippen molar-refractivity contribution in [2.24, 2.45) is 11.5 Å². The van der Waals surface area contributed by atoms with Gasteiger partial charge in [-0.05, 0) is 36.0 Å². The van der Waals surface area contributed by atoms with Gasteiger partial charge in [0.15, 0.2) is 0 Å². The summed E-state index contributed by atoms with van der Waals surface area (Å²) in [5.74, 6) is -0.469. The molecular formula is C11H14N2O. The lowest BCUT2D eigenvalue weighted by atomic mass is 10.0. The van der Waals surface area contributed by atoms with Crippen LogP contribution >= 0.6 is 0 Å². The van der Waals surface area contributed by atoms with E-state index in [0.717, 1.165) is 18.4 Å². The third-order valence-electron chi connectivity index (χ3n) is 2.79. The highest BCUT2D eigenvalue weighted by atomic mass is 16.1. The number of nitrogens with two attached hydrogens (primary N) is 2. The summed E-state index contributed by atoms with van der Waals surface area (Å²) in [4.78, 5) is 10.9. The summed E-state index contributed by atoms with van der Waals surface area (Å²) in [6, 6.07) is 5.30. The normalized spacial score (nSPS) is 16.4. The van der Waals surface area contributed by atoms with E-state index < -0.39 is 11.9 Å². The maximum absolute atomic E-state index is 10.9. The molecule has 74 valence electrons. The number of carbonyl (C=O) groups excluding carboxylic acids is 1. The Morgan fingerprint density at radius 2 is 2.00 bits per heavy atom. The largest absolute Gasteiger partial charge is 0.368 e. The standard InChI is InChI=1S/C11H14N2O/c12-10(11(13)14)9-5-4-7-2-1-3-8(7)6-9/h4-6,10H,1-3,12H2,(H2,13,14). The summed E-state index contributed by atoms with van der Waals surface area (Å²) in [7, 11) is 0. The predicted molar refractivity (Wildman–Crippen MR) is 54.6 cm³/mol. The number of aryl methyl sites for hydroxylation is 2. The first-order valence-corrected chi connectivity index (χ1v) is 4.85. The Labute approximate surface area is 83.1 Å². The van der Waals surface area contributed by atoms with Crippen molar-refractivity contribution in [1.82, 2.24) is 0 Å². The van der Waals surface area contributed by atoms with Crippen LogP contribution in [0.5, 0.6) is 0 Å². The molecule has 1 aliphatic carbocycles. The molecule has 1 unspecified atom stereocenters. The molecule has 1 aromatic rings. The number of hydrogen-bond acceptors (Lipinski definition) is 2. The van der Waals surface area contributed by atoms with E-state index >= 15 is 0 Å². The van der Waals surface area contributed by atoms with Gasteiger partial charge < -0.3 is 11.5 Å². The van der Waals surface area contributed by atoms with Gasteiger partial charge in [0.2, 0.25) is 5.91 Å². The van der Waals surface area contributed by atoms with E-state index in [-0.39, 0.29) is 0 Å². The van der Waals surface area contributed by atoms with Gasteiger partial charge in [0.1, 0.15) is 6.04 Å². The van der Waals surface area contributed by atoms with Crippen LogP contribution in [0.2, 0.25) is 0 Å². The van der Waals surface area contributed by atoms with Gasteiger partial charge in [-0.3, -0.25) is 4.79 Å². The highest BCUT2D eigenvalue weighted by molar-refractivity contribution is 5.81.